The van der Waals surface area contributed by atoms with E-state index < -0.39 is 26.7 Å². The molecule has 1 N–H and O–H groups in total. The van der Waals surface area contributed by atoms with E-state index in [-0.39, 0.29) is 0 Å². The van der Waals surface area contributed by atoms with E-state index in [2.05, 4.69) is 4.72 Å². The van der Waals surface area contributed by atoms with Crippen molar-refractivity contribution in [2.45, 2.75) is 11.1 Å². The highest BCUT2D eigenvalue weighted by molar-refractivity contribution is 14.1. The third-order valence-corrected chi connectivity index (χ3v) is 4.60. The fourth-order valence-corrected chi connectivity index (χ4v) is 3.24. The van der Waals surface area contributed by atoms with Crippen molar-refractivity contribution in [3.8, 4) is 0 Å². The Hall–Kier alpha value is -1.29. The second kappa shape index (κ2) is 5.84. The summed E-state index contributed by atoms with van der Waals surface area (Å²) in [5.41, 5.74) is -0.715. The highest BCUT2D eigenvalue weighted by atomic mass is 127. The van der Waals surface area contributed by atoms with Crippen molar-refractivity contribution in [1.29, 1.82) is 0 Å². The number of alkyl halides is 3. The van der Waals surface area contributed by atoms with Crippen molar-refractivity contribution in [3.05, 3.63) is 57.7 Å². The molecule has 0 saturated carbocycles. The number of halogens is 4. The van der Waals surface area contributed by atoms with Crippen LogP contribution in [0.3, 0.4) is 0 Å². The maximum Gasteiger partial charge on any atom is 0.416 e. The summed E-state index contributed by atoms with van der Waals surface area (Å²) in [7, 11) is -4.07. The Morgan fingerprint density at radius 3 is 2.29 bits per heavy atom. The topological polar surface area (TPSA) is 46.2 Å². The predicted molar refractivity (Wildman–Crippen MR) is 81.4 cm³/mol. The monoisotopic (exact) mass is 427 g/mol. The summed E-state index contributed by atoms with van der Waals surface area (Å²) in [5, 5.41) is 0. The van der Waals surface area contributed by atoms with E-state index in [1.807, 2.05) is 22.6 Å². The SMILES string of the molecule is O=S(=O)(Nc1cccc(I)c1)c1cccc(C(F)(F)F)c1. The predicted octanol–water partition coefficient (Wildman–Crippen LogP) is 4.11. The van der Waals surface area contributed by atoms with E-state index in [9.17, 15) is 21.6 Å². The van der Waals surface area contributed by atoms with Gasteiger partial charge < -0.3 is 0 Å². The Balaban J connectivity index is 2.36. The fourth-order valence-electron chi connectivity index (χ4n) is 1.61. The van der Waals surface area contributed by atoms with E-state index >= 15 is 0 Å². The molecule has 2 aromatic carbocycles. The summed E-state index contributed by atoms with van der Waals surface area (Å²) in [6.07, 6.45) is -4.59. The molecule has 0 saturated heterocycles. The molecule has 112 valence electrons. The third-order valence-electron chi connectivity index (χ3n) is 2.55. The Morgan fingerprint density at radius 1 is 1.00 bits per heavy atom. The minimum absolute atomic E-state index is 0.291. The smallest absolute Gasteiger partial charge is 0.280 e. The standard InChI is InChI=1S/C13H9F3INO2S/c14-13(15,16)9-3-1-6-12(7-9)21(19,20)18-11-5-2-4-10(17)8-11/h1-8,18H. The maximum absolute atomic E-state index is 12.6. The van der Waals surface area contributed by atoms with Crippen LogP contribution in [-0.2, 0) is 16.2 Å². The van der Waals surface area contributed by atoms with Gasteiger partial charge in [-0.3, -0.25) is 4.72 Å². The molecule has 0 spiro atoms. The average molecular weight is 427 g/mol. The van der Waals surface area contributed by atoms with Crippen LogP contribution in [0.1, 0.15) is 5.56 Å². The van der Waals surface area contributed by atoms with Gasteiger partial charge in [-0.2, -0.15) is 13.2 Å². The zero-order valence-corrected chi connectivity index (χ0v) is 13.3. The number of anilines is 1. The van der Waals surface area contributed by atoms with Crippen LogP contribution in [0.5, 0.6) is 0 Å². The lowest BCUT2D eigenvalue weighted by molar-refractivity contribution is -0.137. The molecule has 3 nitrogen and oxygen atoms in total. The molecule has 0 atom stereocenters. The van der Waals surface area contributed by atoms with Gasteiger partial charge in [0.2, 0.25) is 0 Å². The number of nitrogens with one attached hydrogen (secondary N) is 1. The van der Waals surface area contributed by atoms with Crippen LogP contribution < -0.4 is 4.72 Å². The second-order valence-corrected chi connectivity index (χ2v) is 7.07. The molecule has 0 aliphatic carbocycles. The molecule has 21 heavy (non-hydrogen) atoms. The van der Waals surface area contributed by atoms with Crippen molar-refractivity contribution in [3.63, 3.8) is 0 Å². The molecule has 0 radical (unpaired) electrons. The summed E-state index contributed by atoms with van der Waals surface area (Å²) in [5.74, 6) is 0. The van der Waals surface area contributed by atoms with Crippen LogP contribution in [0.25, 0.3) is 0 Å². The summed E-state index contributed by atoms with van der Waals surface area (Å²) >= 11 is 2.00. The Labute approximate surface area is 133 Å². The van der Waals surface area contributed by atoms with Gasteiger partial charge in [-0.1, -0.05) is 12.1 Å². The molecular weight excluding hydrogens is 418 g/mol. The normalized spacial score (nSPS) is 12.2. The van der Waals surface area contributed by atoms with Gasteiger partial charge in [0, 0.05) is 9.26 Å². The van der Waals surface area contributed by atoms with Crippen LogP contribution in [-0.4, -0.2) is 8.42 Å². The number of rotatable bonds is 3. The van der Waals surface area contributed by atoms with Crippen molar-refractivity contribution < 1.29 is 21.6 Å². The molecule has 0 fully saturated rings. The van der Waals surface area contributed by atoms with Crippen LogP contribution in [0.4, 0.5) is 18.9 Å². The lowest BCUT2D eigenvalue weighted by Gasteiger charge is -2.11. The van der Waals surface area contributed by atoms with Gasteiger partial charge in [-0.05, 0) is 59.0 Å². The van der Waals surface area contributed by atoms with Gasteiger partial charge in [-0.25, -0.2) is 8.42 Å². The summed E-state index contributed by atoms with van der Waals surface area (Å²) in [6.45, 7) is 0. The van der Waals surface area contributed by atoms with Crippen molar-refractivity contribution in [1.82, 2.24) is 0 Å². The van der Waals surface area contributed by atoms with Crippen molar-refractivity contribution in [2.24, 2.45) is 0 Å². The highest BCUT2D eigenvalue weighted by Crippen LogP contribution is 2.30. The lowest BCUT2D eigenvalue weighted by atomic mass is 10.2. The Kier molecular flexibility index (Phi) is 4.47. The number of benzene rings is 2. The summed E-state index contributed by atoms with van der Waals surface area (Å²) < 4.78 is 65.1. The molecule has 0 aliphatic heterocycles. The molecule has 0 heterocycles. The van der Waals surface area contributed by atoms with E-state index in [0.717, 1.165) is 21.8 Å². The molecule has 0 amide bonds. The third kappa shape index (κ3) is 4.10. The van der Waals surface area contributed by atoms with Gasteiger partial charge >= 0.3 is 6.18 Å². The van der Waals surface area contributed by atoms with E-state index in [1.54, 1.807) is 18.2 Å². The zero-order valence-electron chi connectivity index (χ0n) is 10.4. The van der Waals surface area contributed by atoms with Crippen LogP contribution >= 0.6 is 22.6 Å². The van der Waals surface area contributed by atoms with Gasteiger partial charge in [0.05, 0.1) is 10.5 Å². The van der Waals surface area contributed by atoms with E-state index in [0.29, 0.717) is 11.8 Å². The fraction of sp³-hybridized carbons (Fsp3) is 0.0769. The minimum atomic E-state index is -4.59. The molecule has 2 aromatic rings. The van der Waals surface area contributed by atoms with E-state index in [4.69, 9.17) is 0 Å². The minimum Gasteiger partial charge on any atom is -0.280 e. The Morgan fingerprint density at radius 2 is 1.67 bits per heavy atom. The molecular formula is C13H9F3INO2S. The molecule has 2 rings (SSSR count). The largest absolute Gasteiger partial charge is 0.416 e. The first-order valence-electron chi connectivity index (χ1n) is 5.64. The molecule has 0 unspecified atom stereocenters. The molecule has 0 aromatic heterocycles. The number of sulfonamides is 1. The summed E-state index contributed by atoms with van der Waals surface area (Å²) in [4.78, 5) is -0.434. The number of hydrogen-bond acceptors (Lipinski definition) is 2. The van der Waals surface area contributed by atoms with Crippen LogP contribution in [0, 0.1) is 3.57 Å². The van der Waals surface area contributed by atoms with Gasteiger partial charge in [0.25, 0.3) is 10.0 Å². The maximum atomic E-state index is 12.6. The average Bonchev–Trinajstić information content (AvgIpc) is 2.37. The lowest BCUT2D eigenvalue weighted by Crippen LogP contribution is -2.14. The summed E-state index contributed by atoms with van der Waals surface area (Å²) in [6, 6.07) is 10.1. The molecule has 0 aliphatic rings. The Bertz CT molecular complexity index is 760. The highest BCUT2D eigenvalue weighted by Gasteiger charge is 2.31. The number of hydrogen-bond donors (Lipinski definition) is 1. The van der Waals surface area contributed by atoms with Gasteiger partial charge in [0.1, 0.15) is 0 Å². The zero-order chi connectivity index (χ0) is 15.7. The second-order valence-electron chi connectivity index (χ2n) is 4.14. The van der Waals surface area contributed by atoms with Crippen LogP contribution in [0.15, 0.2) is 53.4 Å². The van der Waals surface area contributed by atoms with E-state index in [1.165, 1.54) is 6.07 Å². The van der Waals surface area contributed by atoms with Crippen LogP contribution in [0.2, 0.25) is 0 Å². The van der Waals surface area contributed by atoms with Crippen molar-refractivity contribution >= 4 is 38.3 Å². The molecule has 0 bridgehead atoms. The van der Waals surface area contributed by atoms with Crippen molar-refractivity contribution in [2.75, 3.05) is 4.72 Å². The van der Waals surface area contributed by atoms with Gasteiger partial charge in [-0.15, -0.1) is 0 Å². The molecule has 8 heteroatoms. The van der Waals surface area contributed by atoms with Gasteiger partial charge in [0.15, 0.2) is 0 Å². The quantitative estimate of drug-likeness (QED) is 0.750. The first-order valence-corrected chi connectivity index (χ1v) is 8.20. The first kappa shape index (κ1) is 16.1. The first-order chi connectivity index (χ1) is 9.68.